The molecule has 0 radical (unpaired) electrons. The Bertz CT molecular complexity index is 621. The quantitative estimate of drug-likeness (QED) is 0.507. The number of hydrogen-bond donors (Lipinski definition) is 0. The SMILES string of the molecule is c1cc(OCC2CC2)cc(SSc2cccc(OCC3CC3)c2)c1. The maximum Gasteiger partial charge on any atom is 0.120 e. The van der Waals surface area contributed by atoms with Crippen LogP contribution in [-0.2, 0) is 0 Å². The van der Waals surface area contributed by atoms with Crippen molar-refractivity contribution in [1.29, 1.82) is 0 Å². The van der Waals surface area contributed by atoms with Gasteiger partial charge >= 0.3 is 0 Å². The minimum absolute atomic E-state index is 0.786. The van der Waals surface area contributed by atoms with Gasteiger partial charge in [0.25, 0.3) is 0 Å². The highest BCUT2D eigenvalue weighted by Gasteiger charge is 2.22. The van der Waals surface area contributed by atoms with E-state index in [-0.39, 0.29) is 0 Å². The third kappa shape index (κ3) is 5.12. The Hall–Kier alpha value is -1.26. The molecule has 0 N–H and O–H groups in total. The summed E-state index contributed by atoms with van der Waals surface area (Å²) in [7, 11) is 3.53. The van der Waals surface area contributed by atoms with Gasteiger partial charge in [0.05, 0.1) is 13.2 Å². The minimum Gasteiger partial charge on any atom is -0.493 e. The van der Waals surface area contributed by atoms with Gasteiger partial charge in [0, 0.05) is 9.79 Å². The number of benzene rings is 2. The Morgan fingerprint density at radius 2 is 1.17 bits per heavy atom. The molecule has 0 bridgehead atoms. The fraction of sp³-hybridized carbons (Fsp3) is 0.400. The summed E-state index contributed by atoms with van der Waals surface area (Å²) in [5, 5.41) is 0. The molecule has 2 aromatic carbocycles. The standard InChI is InChI=1S/C20H22O2S2/c1-3-17(21-13-15-7-8-15)11-19(5-1)23-24-20-6-2-4-18(12-20)22-14-16-9-10-16/h1-6,11-12,15-16H,7-10,13-14H2. The predicted octanol–water partition coefficient (Wildman–Crippen LogP) is 6.06. The molecule has 2 nitrogen and oxygen atoms in total. The lowest BCUT2D eigenvalue weighted by atomic mass is 10.3. The zero-order valence-electron chi connectivity index (χ0n) is 13.6. The second kappa shape index (κ2) is 7.75. The molecule has 0 spiro atoms. The van der Waals surface area contributed by atoms with Gasteiger partial charge in [-0.15, -0.1) is 0 Å². The van der Waals surface area contributed by atoms with Crippen LogP contribution < -0.4 is 9.47 Å². The fourth-order valence-electron chi connectivity index (χ4n) is 2.33. The van der Waals surface area contributed by atoms with Gasteiger partial charge in [-0.3, -0.25) is 0 Å². The number of ether oxygens (including phenoxy) is 2. The van der Waals surface area contributed by atoms with Crippen LogP contribution in [0.3, 0.4) is 0 Å². The highest BCUT2D eigenvalue weighted by molar-refractivity contribution is 8.76. The van der Waals surface area contributed by atoms with Gasteiger partial charge in [0.1, 0.15) is 11.5 Å². The van der Waals surface area contributed by atoms with Crippen LogP contribution in [0.25, 0.3) is 0 Å². The summed E-state index contributed by atoms with van der Waals surface area (Å²) in [6, 6.07) is 16.8. The molecule has 126 valence electrons. The molecule has 0 amide bonds. The summed E-state index contributed by atoms with van der Waals surface area (Å²) in [5.41, 5.74) is 0. The van der Waals surface area contributed by atoms with Gasteiger partial charge < -0.3 is 9.47 Å². The van der Waals surface area contributed by atoms with Crippen molar-refractivity contribution in [3.63, 3.8) is 0 Å². The first-order chi connectivity index (χ1) is 11.8. The van der Waals surface area contributed by atoms with E-state index in [1.165, 1.54) is 35.5 Å². The predicted molar refractivity (Wildman–Crippen MR) is 101 cm³/mol. The van der Waals surface area contributed by atoms with E-state index in [0.717, 1.165) is 36.5 Å². The average molecular weight is 359 g/mol. The molecule has 2 aliphatic carbocycles. The Kier molecular flexibility index (Phi) is 5.24. The maximum absolute atomic E-state index is 5.86. The van der Waals surface area contributed by atoms with Gasteiger partial charge in [-0.2, -0.15) is 0 Å². The molecule has 0 heterocycles. The molecule has 2 saturated carbocycles. The summed E-state index contributed by atoms with van der Waals surface area (Å²) in [5.74, 6) is 3.53. The molecule has 0 aliphatic heterocycles. The van der Waals surface area contributed by atoms with Crippen LogP contribution in [0, 0.1) is 11.8 Å². The van der Waals surface area contributed by atoms with Crippen LogP contribution in [0.4, 0.5) is 0 Å². The second-order valence-electron chi connectivity index (χ2n) is 6.63. The van der Waals surface area contributed by atoms with Crippen molar-refractivity contribution in [1.82, 2.24) is 0 Å². The Balaban J connectivity index is 1.30. The van der Waals surface area contributed by atoms with Crippen LogP contribution in [-0.4, -0.2) is 13.2 Å². The Labute approximate surface area is 151 Å². The van der Waals surface area contributed by atoms with Gasteiger partial charge in [-0.1, -0.05) is 33.7 Å². The first-order valence-electron chi connectivity index (χ1n) is 8.65. The summed E-state index contributed by atoms with van der Waals surface area (Å²) in [4.78, 5) is 2.44. The molecule has 2 aliphatic rings. The largest absolute Gasteiger partial charge is 0.493 e. The topological polar surface area (TPSA) is 18.5 Å². The van der Waals surface area contributed by atoms with E-state index in [1.807, 2.05) is 12.1 Å². The van der Waals surface area contributed by atoms with E-state index < -0.39 is 0 Å². The van der Waals surface area contributed by atoms with Crippen molar-refractivity contribution < 1.29 is 9.47 Å². The van der Waals surface area contributed by atoms with Crippen molar-refractivity contribution in [2.24, 2.45) is 11.8 Å². The lowest BCUT2D eigenvalue weighted by Gasteiger charge is -2.08. The molecule has 2 aromatic rings. The van der Waals surface area contributed by atoms with E-state index in [1.54, 1.807) is 21.6 Å². The minimum atomic E-state index is 0.786. The number of hydrogen-bond acceptors (Lipinski definition) is 4. The summed E-state index contributed by atoms with van der Waals surface area (Å²) >= 11 is 0. The monoisotopic (exact) mass is 358 g/mol. The normalized spacial score (nSPS) is 16.8. The van der Waals surface area contributed by atoms with Crippen molar-refractivity contribution >= 4 is 21.6 Å². The molecule has 2 fully saturated rings. The van der Waals surface area contributed by atoms with Gasteiger partial charge in [-0.25, -0.2) is 0 Å². The molecule has 4 heteroatoms. The molecular formula is C20H22O2S2. The number of rotatable bonds is 9. The van der Waals surface area contributed by atoms with Crippen molar-refractivity contribution in [2.45, 2.75) is 35.5 Å². The molecule has 24 heavy (non-hydrogen) atoms. The van der Waals surface area contributed by atoms with Gasteiger partial charge in [0.2, 0.25) is 0 Å². The lowest BCUT2D eigenvalue weighted by molar-refractivity contribution is 0.299. The van der Waals surface area contributed by atoms with E-state index in [9.17, 15) is 0 Å². The van der Waals surface area contributed by atoms with Gasteiger partial charge in [0.15, 0.2) is 0 Å². The Morgan fingerprint density at radius 3 is 1.58 bits per heavy atom. The zero-order chi connectivity index (χ0) is 16.2. The molecular weight excluding hydrogens is 336 g/mol. The van der Waals surface area contributed by atoms with E-state index in [4.69, 9.17) is 9.47 Å². The molecule has 0 aromatic heterocycles. The molecule has 0 atom stereocenters. The third-order valence-corrected chi connectivity index (χ3v) is 6.59. The average Bonchev–Trinajstić information content (AvgIpc) is 3.52. The zero-order valence-corrected chi connectivity index (χ0v) is 15.3. The summed E-state index contributed by atoms with van der Waals surface area (Å²) < 4.78 is 11.7. The van der Waals surface area contributed by atoms with E-state index in [2.05, 4.69) is 36.4 Å². The summed E-state index contributed by atoms with van der Waals surface area (Å²) in [6.45, 7) is 1.73. The smallest absolute Gasteiger partial charge is 0.120 e. The van der Waals surface area contributed by atoms with Crippen LogP contribution in [0.5, 0.6) is 11.5 Å². The lowest BCUT2D eigenvalue weighted by Crippen LogP contribution is -1.98. The highest BCUT2D eigenvalue weighted by atomic mass is 33.1. The third-order valence-electron chi connectivity index (χ3n) is 4.21. The first kappa shape index (κ1) is 16.2. The first-order valence-corrected chi connectivity index (χ1v) is 10.8. The Morgan fingerprint density at radius 1 is 0.708 bits per heavy atom. The van der Waals surface area contributed by atoms with E-state index >= 15 is 0 Å². The highest BCUT2D eigenvalue weighted by Crippen LogP contribution is 2.40. The van der Waals surface area contributed by atoms with Crippen molar-refractivity contribution in [3.8, 4) is 11.5 Å². The summed E-state index contributed by atoms with van der Waals surface area (Å²) in [6.07, 6.45) is 5.29. The van der Waals surface area contributed by atoms with E-state index in [0.29, 0.717) is 0 Å². The van der Waals surface area contributed by atoms with Crippen LogP contribution >= 0.6 is 21.6 Å². The van der Waals surface area contributed by atoms with Crippen LogP contribution in [0.15, 0.2) is 58.3 Å². The molecule has 4 rings (SSSR count). The van der Waals surface area contributed by atoms with Crippen LogP contribution in [0.1, 0.15) is 25.7 Å². The van der Waals surface area contributed by atoms with Crippen molar-refractivity contribution in [3.05, 3.63) is 48.5 Å². The second-order valence-corrected chi connectivity index (χ2v) is 8.90. The van der Waals surface area contributed by atoms with Crippen LogP contribution in [0.2, 0.25) is 0 Å². The van der Waals surface area contributed by atoms with Crippen molar-refractivity contribution in [2.75, 3.05) is 13.2 Å². The van der Waals surface area contributed by atoms with Gasteiger partial charge in [-0.05, 0) is 73.9 Å². The fourth-order valence-corrected chi connectivity index (χ4v) is 4.31. The molecule has 0 unspecified atom stereocenters. The molecule has 0 saturated heterocycles. The maximum atomic E-state index is 5.86.